The Bertz CT molecular complexity index is 1280. The summed E-state index contributed by atoms with van der Waals surface area (Å²) in [7, 11) is 1.52. The van der Waals surface area contributed by atoms with Crippen LogP contribution in [-0.2, 0) is 13.2 Å². The van der Waals surface area contributed by atoms with Gasteiger partial charge in [0.1, 0.15) is 11.6 Å². The molecule has 3 rings (SSSR count). The topological polar surface area (TPSA) is 50.7 Å². The summed E-state index contributed by atoms with van der Waals surface area (Å²) in [6.45, 7) is 0. The number of hydrogen-bond acceptors (Lipinski definition) is 2. The van der Waals surface area contributed by atoms with Crippen molar-refractivity contribution in [2.45, 2.75) is 18.5 Å². The van der Waals surface area contributed by atoms with Gasteiger partial charge in [-0.25, -0.2) is 8.78 Å². The molecule has 158 valence electrons. The summed E-state index contributed by atoms with van der Waals surface area (Å²) in [4.78, 5) is 12.5. The molecule has 0 radical (unpaired) electrons. The van der Waals surface area contributed by atoms with Crippen LogP contribution in [0.25, 0.3) is 0 Å². The quantitative estimate of drug-likeness (QED) is 0.504. The molecule has 3 aromatic rings. The molecule has 1 atom stereocenters. The van der Waals surface area contributed by atoms with E-state index >= 15 is 0 Å². The van der Waals surface area contributed by atoms with Gasteiger partial charge in [-0.15, -0.1) is 0 Å². The number of alkyl halides is 3. The Morgan fingerprint density at radius 2 is 1.94 bits per heavy atom. The van der Waals surface area contributed by atoms with Crippen LogP contribution in [0, 0.1) is 35.3 Å². The molecule has 1 aromatic carbocycles. The molecule has 0 bridgehead atoms. The Morgan fingerprint density at radius 1 is 1.16 bits per heavy atom. The molecule has 1 unspecified atom stereocenters. The Kier molecular flexibility index (Phi) is 6.26. The van der Waals surface area contributed by atoms with Crippen molar-refractivity contribution >= 4 is 0 Å². The zero-order valence-corrected chi connectivity index (χ0v) is 16.0. The van der Waals surface area contributed by atoms with Crippen molar-refractivity contribution in [2.75, 3.05) is 0 Å². The molecule has 0 saturated carbocycles. The lowest BCUT2D eigenvalue weighted by molar-refractivity contribution is -0.141. The van der Waals surface area contributed by atoms with Crippen LogP contribution in [0.15, 0.2) is 47.5 Å². The van der Waals surface area contributed by atoms with E-state index < -0.39 is 35.0 Å². The third-order valence-electron chi connectivity index (χ3n) is 4.42. The minimum absolute atomic E-state index is 0.0558. The molecule has 0 spiro atoms. The second-order valence-corrected chi connectivity index (χ2v) is 6.50. The summed E-state index contributed by atoms with van der Waals surface area (Å²) in [6, 6.07) is 5.98. The molecule has 0 aliphatic rings. The number of nitrogens with zero attached hydrogens (tertiary/aromatic N) is 2. The molecule has 0 amide bonds. The van der Waals surface area contributed by atoms with Crippen LogP contribution in [-0.4, -0.2) is 14.8 Å². The van der Waals surface area contributed by atoms with Crippen LogP contribution in [0.3, 0.4) is 0 Å². The first-order chi connectivity index (χ1) is 14.7. The Labute approximate surface area is 173 Å². The lowest BCUT2D eigenvalue weighted by Gasteiger charge is -2.16. The fourth-order valence-corrected chi connectivity index (χ4v) is 2.95. The van der Waals surface area contributed by atoms with E-state index in [4.69, 9.17) is 0 Å². The molecule has 1 N–H and O–H groups in total. The fraction of sp³-hybridized carbons (Fsp3) is 0.182. The zero-order chi connectivity index (χ0) is 22.6. The first-order valence-electron chi connectivity index (χ1n) is 8.89. The number of aryl methyl sites for hydroxylation is 1. The van der Waals surface area contributed by atoms with E-state index in [0.29, 0.717) is 0 Å². The number of hydrogen-bond donors (Lipinski definition) is 1. The average Bonchev–Trinajstić information content (AvgIpc) is 3.19. The largest absolute Gasteiger partial charge is 0.436 e. The van der Waals surface area contributed by atoms with Crippen LogP contribution >= 0.6 is 0 Å². The van der Waals surface area contributed by atoms with Crippen LogP contribution in [0.2, 0.25) is 0 Å². The molecule has 0 saturated heterocycles. The zero-order valence-electron chi connectivity index (χ0n) is 16.0. The maximum absolute atomic E-state index is 14.4. The molecule has 4 nitrogen and oxygen atoms in total. The maximum atomic E-state index is 14.4. The van der Waals surface area contributed by atoms with Gasteiger partial charge in [-0.1, -0.05) is 12.0 Å². The fourth-order valence-electron chi connectivity index (χ4n) is 2.95. The van der Waals surface area contributed by atoms with Crippen molar-refractivity contribution in [1.82, 2.24) is 14.8 Å². The number of nitrogens with one attached hydrogen (secondary N) is 1. The molecule has 0 fully saturated rings. The molecular weight excluding hydrogens is 417 g/mol. The number of halogens is 5. The van der Waals surface area contributed by atoms with Gasteiger partial charge in [-0.05, 0) is 47.6 Å². The summed E-state index contributed by atoms with van der Waals surface area (Å²) in [5, 5.41) is 5.21. The normalized spacial score (nSPS) is 11.8. The van der Waals surface area contributed by atoms with Gasteiger partial charge in [0.2, 0.25) is 0 Å². The Balaban J connectivity index is 1.94. The van der Waals surface area contributed by atoms with Crippen LogP contribution < -0.4 is 5.56 Å². The van der Waals surface area contributed by atoms with Gasteiger partial charge >= 0.3 is 6.18 Å². The molecule has 0 aliphatic carbocycles. The summed E-state index contributed by atoms with van der Waals surface area (Å²) in [6.07, 6.45) is -2.25. The number of pyridine rings is 1. The molecule has 2 aromatic heterocycles. The third kappa shape index (κ3) is 5.01. The molecular formula is C22H14F5N3O. The summed E-state index contributed by atoms with van der Waals surface area (Å²) < 4.78 is 67.8. The second-order valence-electron chi connectivity index (χ2n) is 6.50. The molecule has 2 heterocycles. The molecule has 9 heteroatoms. The Morgan fingerprint density at radius 3 is 2.68 bits per heavy atom. The predicted molar refractivity (Wildman–Crippen MR) is 103 cm³/mol. The number of benzene rings is 1. The van der Waals surface area contributed by atoms with Gasteiger partial charge in [-0.3, -0.25) is 9.89 Å². The van der Waals surface area contributed by atoms with Crippen LogP contribution in [0.1, 0.15) is 34.7 Å². The first kappa shape index (κ1) is 21.8. The lowest BCUT2D eigenvalue weighted by atomic mass is 9.89. The van der Waals surface area contributed by atoms with Gasteiger partial charge in [0.15, 0.2) is 5.69 Å². The highest BCUT2D eigenvalue weighted by Crippen LogP contribution is 2.30. The third-order valence-corrected chi connectivity index (χ3v) is 4.42. The number of H-pyrrole nitrogens is 1. The van der Waals surface area contributed by atoms with Gasteiger partial charge in [-0.2, -0.15) is 18.3 Å². The number of rotatable bonds is 3. The van der Waals surface area contributed by atoms with E-state index in [2.05, 4.69) is 33.9 Å². The molecule has 0 aliphatic heterocycles. The number of aromatic amines is 1. The van der Waals surface area contributed by atoms with Gasteiger partial charge in [0.25, 0.3) is 5.56 Å². The van der Waals surface area contributed by atoms with E-state index in [9.17, 15) is 26.7 Å². The summed E-state index contributed by atoms with van der Waals surface area (Å²) in [5.41, 5.74) is -1.79. The minimum Gasteiger partial charge on any atom is -0.318 e. The second kappa shape index (κ2) is 8.88. The van der Waals surface area contributed by atoms with E-state index in [0.717, 1.165) is 24.4 Å². The average molecular weight is 431 g/mol. The minimum atomic E-state index is -4.66. The van der Waals surface area contributed by atoms with E-state index in [-0.39, 0.29) is 23.1 Å². The van der Waals surface area contributed by atoms with Crippen molar-refractivity contribution in [2.24, 2.45) is 7.05 Å². The standard InChI is InChI=1S/C22H14F5N3O/c1-30-11-5-8-17(21(30)31)16(18-12-15(23)9-10-19(18)24)7-4-2-3-6-14-13-28-29-20(14)22(25,26)27/h5,8-13,16H,7H2,1H3,(H,28,29). The predicted octanol–water partition coefficient (Wildman–Crippen LogP) is 3.98. The van der Waals surface area contributed by atoms with Crippen molar-refractivity contribution in [3.8, 4) is 23.7 Å². The maximum Gasteiger partial charge on any atom is 0.436 e. The van der Waals surface area contributed by atoms with Crippen molar-refractivity contribution in [3.63, 3.8) is 0 Å². The summed E-state index contributed by atoms with van der Waals surface area (Å²) >= 11 is 0. The van der Waals surface area contributed by atoms with Crippen molar-refractivity contribution < 1.29 is 22.0 Å². The highest BCUT2D eigenvalue weighted by Gasteiger charge is 2.36. The van der Waals surface area contributed by atoms with Gasteiger partial charge in [0, 0.05) is 37.3 Å². The monoisotopic (exact) mass is 431 g/mol. The highest BCUT2D eigenvalue weighted by molar-refractivity contribution is 5.43. The Hall–Kier alpha value is -3.85. The smallest absolute Gasteiger partial charge is 0.318 e. The first-order valence-corrected chi connectivity index (χ1v) is 8.89. The highest BCUT2D eigenvalue weighted by atomic mass is 19.4. The van der Waals surface area contributed by atoms with Gasteiger partial charge in [0.05, 0.1) is 5.56 Å². The van der Waals surface area contributed by atoms with Crippen LogP contribution in [0.4, 0.5) is 22.0 Å². The van der Waals surface area contributed by atoms with Crippen molar-refractivity contribution in [1.29, 1.82) is 0 Å². The van der Waals surface area contributed by atoms with E-state index in [1.807, 2.05) is 0 Å². The van der Waals surface area contributed by atoms with E-state index in [1.54, 1.807) is 6.07 Å². The van der Waals surface area contributed by atoms with Crippen molar-refractivity contribution in [3.05, 3.63) is 87.1 Å². The summed E-state index contributed by atoms with van der Waals surface area (Å²) in [5.74, 6) is 7.28. The van der Waals surface area contributed by atoms with Crippen LogP contribution in [0.5, 0.6) is 0 Å². The van der Waals surface area contributed by atoms with Gasteiger partial charge < -0.3 is 4.57 Å². The SMILES string of the molecule is Cn1cccc(C(CC#CC#Cc2c[nH]nc2C(F)(F)F)c2cc(F)ccc2F)c1=O. The lowest BCUT2D eigenvalue weighted by Crippen LogP contribution is -2.23. The number of aromatic nitrogens is 3. The van der Waals surface area contributed by atoms with E-state index in [1.165, 1.54) is 23.9 Å². The molecule has 31 heavy (non-hydrogen) atoms.